The van der Waals surface area contributed by atoms with Gasteiger partial charge in [-0.2, -0.15) is 8.78 Å². The number of imidazole rings is 1. The van der Waals surface area contributed by atoms with Gasteiger partial charge in [0.05, 0.1) is 16.3 Å². The fraction of sp³-hybridized carbons (Fsp3) is 0.167. The average molecular weight is 411 g/mol. The van der Waals surface area contributed by atoms with Crippen molar-refractivity contribution in [3.8, 4) is 17.1 Å². The van der Waals surface area contributed by atoms with Gasteiger partial charge in [0.15, 0.2) is 6.61 Å². The summed E-state index contributed by atoms with van der Waals surface area (Å²) in [5.41, 5.74) is 0.197. The van der Waals surface area contributed by atoms with Crippen molar-refractivity contribution in [2.75, 3.05) is 6.61 Å². The number of hydrogen-bond acceptors (Lipinski definition) is 4. The molecule has 29 heavy (non-hydrogen) atoms. The van der Waals surface area contributed by atoms with Gasteiger partial charge in [0.1, 0.15) is 5.75 Å². The van der Waals surface area contributed by atoms with E-state index in [1.54, 1.807) is 0 Å². The highest BCUT2D eigenvalue weighted by Crippen LogP contribution is 2.24. The monoisotopic (exact) mass is 411 g/mol. The van der Waals surface area contributed by atoms with Crippen LogP contribution in [0.3, 0.4) is 0 Å². The Bertz CT molecular complexity index is 1060. The van der Waals surface area contributed by atoms with Crippen molar-refractivity contribution < 1.29 is 27.2 Å². The van der Waals surface area contributed by atoms with E-state index in [1.165, 1.54) is 70.1 Å². The van der Waals surface area contributed by atoms with Gasteiger partial charge in [-0.1, -0.05) is 0 Å². The Labute approximate surface area is 160 Å². The first-order valence-corrected chi connectivity index (χ1v) is 8.13. The van der Waals surface area contributed by atoms with Gasteiger partial charge in [-0.3, -0.25) is 19.2 Å². The number of nitro groups is 1. The van der Waals surface area contributed by atoms with Crippen LogP contribution in [0.5, 0.6) is 5.75 Å². The minimum atomic E-state index is -4.27. The van der Waals surface area contributed by atoms with Crippen molar-refractivity contribution >= 4 is 5.69 Å². The summed E-state index contributed by atoms with van der Waals surface area (Å²) in [6.07, 6.45) is -0.929. The van der Waals surface area contributed by atoms with Gasteiger partial charge in [0, 0.05) is 24.5 Å². The predicted octanol–water partition coefficient (Wildman–Crippen LogP) is 3.82. The zero-order valence-corrected chi connectivity index (χ0v) is 14.5. The third-order valence-corrected chi connectivity index (χ3v) is 3.98. The largest absolute Gasteiger partial charge is 0.487 e. The summed E-state index contributed by atoms with van der Waals surface area (Å²) >= 11 is 0. The molecule has 0 spiro atoms. The van der Waals surface area contributed by atoms with E-state index in [-0.39, 0.29) is 11.4 Å². The lowest BCUT2D eigenvalue weighted by molar-refractivity contribution is -0.384. The lowest BCUT2D eigenvalue weighted by Gasteiger charge is -2.16. The molecule has 0 aliphatic heterocycles. The quantitative estimate of drug-likeness (QED) is 0.336. The van der Waals surface area contributed by atoms with E-state index in [0.29, 0.717) is 11.4 Å². The Morgan fingerprint density at radius 1 is 0.966 bits per heavy atom. The van der Waals surface area contributed by atoms with Crippen molar-refractivity contribution in [3.63, 3.8) is 0 Å². The number of non-ortho nitro benzene ring substituents is 1. The summed E-state index contributed by atoms with van der Waals surface area (Å²) in [5, 5.41) is 10.7. The Morgan fingerprint density at radius 2 is 1.45 bits per heavy atom. The van der Waals surface area contributed by atoms with Gasteiger partial charge in [-0.05, 0) is 36.4 Å². The minimum absolute atomic E-state index is 0.0584. The van der Waals surface area contributed by atoms with E-state index in [2.05, 4.69) is 4.74 Å². The van der Waals surface area contributed by atoms with Crippen LogP contribution in [-0.2, 0) is 0 Å². The smallest absolute Gasteiger partial charge is 0.340 e. The molecule has 152 valence electrons. The number of nitrogens with zero attached hydrogens (tertiary/aromatic N) is 3. The normalized spacial score (nSPS) is 11.6. The van der Waals surface area contributed by atoms with Crippen LogP contribution < -0.4 is 10.4 Å². The van der Waals surface area contributed by atoms with E-state index in [1.807, 2.05) is 0 Å². The first-order chi connectivity index (χ1) is 13.7. The lowest BCUT2D eigenvalue weighted by atomic mass is 10.3. The van der Waals surface area contributed by atoms with Crippen molar-refractivity contribution in [1.82, 2.24) is 9.13 Å². The molecule has 0 atom stereocenters. The summed E-state index contributed by atoms with van der Waals surface area (Å²) in [7, 11) is 0. The standard InChI is InChI=1S/C18H13F4N3O4/c19-16(20)18(21,22)11-29-15-7-5-13(6-8-15)24-10-9-23(17(24)26)12-1-3-14(4-2-12)25(27)28/h1-10,16H,11H2. The molecular weight excluding hydrogens is 398 g/mol. The first kappa shape index (κ1) is 20.1. The highest BCUT2D eigenvalue weighted by atomic mass is 19.3. The second-order valence-corrected chi connectivity index (χ2v) is 5.94. The number of nitro benzene ring substituents is 1. The van der Waals surface area contributed by atoms with Crippen LogP contribution in [0.2, 0.25) is 0 Å². The van der Waals surface area contributed by atoms with Gasteiger partial charge in [0.25, 0.3) is 5.69 Å². The summed E-state index contributed by atoms with van der Waals surface area (Å²) in [6, 6.07) is 10.7. The zero-order valence-electron chi connectivity index (χ0n) is 14.5. The molecule has 2 aromatic carbocycles. The van der Waals surface area contributed by atoms with Gasteiger partial charge in [0.2, 0.25) is 0 Å². The average Bonchev–Trinajstić information content (AvgIpc) is 3.08. The molecule has 3 rings (SSSR count). The zero-order chi connectivity index (χ0) is 21.2. The molecule has 3 aromatic rings. The number of alkyl halides is 4. The van der Waals surface area contributed by atoms with E-state index in [0.717, 1.165) is 0 Å². The Morgan fingerprint density at radius 3 is 1.90 bits per heavy atom. The Kier molecular flexibility index (Phi) is 5.39. The third kappa shape index (κ3) is 4.28. The summed E-state index contributed by atoms with van der Waals surface area (Å²) < 4.78 is 57.3. The van der Waals surface area contributed by atoms with Crippen LogP contribution >= 0.6 is 0 Å². The highest BCUT2D eigenvalue weighted by molar-refractivity contribution is 5.42. The molecule has 0 unspecified atom stereocenters. The number of benzene rings is 2. The van der Waals surface area contributed by atoms with Crippen LogP contribution in [0.15, 0.2) is 65.7 Å². The molecule has 0 aliphatic carbocycles. The highest BCUT2D eigenvalue weighted by Gasteiger charge is 2.41. The van der Waals surface area contributed by atoms with E-state index in [4.69, 9.17) is 0 Å². The molecule has 0 N–H and O–H groups in total. The number of rotatable bonds is 7. The Balaban J connectivity index is 1.78. The molecule has 0 amide bonds. The van der Waals surface area contributed by atoms with Crippen LogP contribution in [0, 0.1) is 10.1 Å². The van der Waals surface area contributed by atoms with Gasteiger partial charge >= 0.3 is 18.0 Å². The minimum Gasteiger partial charge on any atom is -0.487 e. The van der Waals surface area contributed by atoms with Gasteiger partial charge in [-0.25, -0.2) is 13.6 Å². The molecule has 0 fully saturated rings. The fourth-order valence-corrected chi connectivity index (χ4v) is 2.45. The molecule has 0 radical (unpaired) electrons. The van der Waals surface area contributed by atoms with E-state index >= 15 is 0 Å². The maximum atomic E-state index is 12.9. The predicted molar refractivity (Wildman–Crippen MR) is 94.5 cm³/mol. The van der Waals surface area contributed by atoms with Crippen LogP contribution in [0.4, 0.5) is 23.2 Å². The van der Waals surface area contributed by atoms with Gasteiger partial charge in [-0.15, -0.1) is 0 Å². The Hall–Kier alpha value is -3.63. The number of aromatic nitrogens is 2. The molecule has 0 saturated carbocycles. The molecule has 1 aromatic heterocycles. The third-order valence-electron chi connectivity index (χ3n) is 3.98. The molecule has 0 bridgehead atoms. The summed E-state index contributed by atoms with van der Waals surface area (Å²) in [6.45, 7) is -1.47. The molecule has 7 nitrogen and oxygen atoms in total. The molecule has 0 aliphatic rings. The number of ether oxygens (including phenoxy) is 1. The maximum Gasteiger partial charge on any atom is 0.340 e. The van der Waals surface area contributed by atoms with Gasteiger partial charge < -0.3 is 4.74 Å². The van der Waals surface area contributed by atoms with Crippen molar-refractivity contribution in [2.45, 2.75) is 12.3 Å². The lowest BCUT2D eigenvalue weighted by Crippen LogP contribution is -2.33. The van der Waals surface area contributed by atoms with E-state index in [9.17, 15) is 32.5 Å². The van der Waals surface area contributed by atoms with Crippen LogP contribution in [-0.4, -0.2) is 33.0 Å². The first-order valence-electron chi connectivity index (χ1n) is 8.13. The molecule has 11 heteroatoms. The summed E-state index contributed by atoms with van der Waals surface area (Å²) in [5.74, 6) is -4.32. The van der Waals surface area contributed by atoms with Crippen molar-refractivity contribution in [3.05, 3.63) is 81.5 Å². The second-order valence-electron chi connectivity index (χ2n) is 5.94. The van der Waals surface area contributed by atoms with Crippen molar-refractivity contribution in [1.29, 1.82) is 0 Å². The fourth-order valence-electron chi connectivity index (χ4n) is 2.45. The summed E-state index contributed by atoms with van der Waals surface area (Å²) in [4.78, 5) is 22.7. The topological polar surface area (TPSA) is 79.3 Å². The maximum absolute atomic E-state index is 12.9. The van der Waals surface area contributed by atoms with E-state index < -0.39 is 29.6 Å². The molecular formula is C18H13F4N3O4. The van der Waals surface area contributed by atoms with Crippen molar-refractivity contribution in [2.24, 2.45) is 0 Å². The number of halogens is 4. The molecule has 0 saturated heterocycles. The van der Waals surface area contributed by atoms with Crippen LogP contribution in [0.25, 0.3) is 11.4 Å². The number of hydrogen-bond donors (Lipinski definition) is 0. The second kappa shape index (κ2) is 7.78. The van der Waals surface area contributed by atoms with Crippen LogP contribution in [0.1, 0.15) is 0 Å². The SMILES string of the molecule is O=c1n(-c2ccc(OCC(F)(F)C(F)F)cc2)ccn1-c1ccc([N+](=O)[O-])cc1. The molecule has 1 heterocycles.